The number of nitrogens with two attached hydrogens (primary N) is 1. The maximum absolute atomic E-state index is 10.9. The summed E-state index contributed by atoms with van der Waals surface area (Å²) in [6.45, 7) is 4.14. The molecule has 6 heteroatoms. The molecule has 0 saturated carbocycles. The fraction of sp³-hybridized carbons (Fsp3) is 0.455. The Morgan fingerprint density at radius 2 is 2.12 bits per heavy atom. The van der Waals surface area contributed by atoms with Crippen molar-refractivity contribution in [2.24, 2.45) is 5.73 Å². The Bertz CT molecular complexity index is 463. The van der Waals surface area contributed by atoms with Crippen molar-refractivity contribution >= 4 is 18.1 Å². The first kappa shape index (κ1) is 13.7. The van der Waals surface area contributed by atoms with Gasteiger partial charge in [-0.05, 0) is 13.8 Å². The molecule has 1 atom stereocenters. The Morgan fingerprint density at radius 1 is 1.47 bits per heavy atom. The highest BCUT2D eigenvalue weighted by Gasteiger charge is 2.26. The van der Waals surface area contributed by atoms with Crippen LogP contribution in [0.3, 0.4) is 0 Å². The summed E-state index contributed by atoms with van der Waals surface area (Å²) in [6, 6.07) is 1.38. The quantitative estimate of drug-likeness (QED) is 0.620. The number of ether oxygens (including phenoxy) is 1. The number of benzene rings is 1. The van der Waals surface area contributed by atoms with E-state index in [9.17, 15) is 10.1 Å². The number of nitro benzene ring substituents is 1. The van der Waals surface area contributed by atoms with Crippen LogP contribution in [0.25, 0.3) is 0 Å². The molecule has 1 aliphatic rings. The summed E-state index contributed by atoms with van der Waals surface area (Å²) < 4.78 is 5.54. The van der Waals surface area contributed by atoms with Crippen LogP contribution < -0.4 is 10.5 Å². The first-order valence-electron chi connectivity index (χ1n) is 5.19. The highest BCUT2D eigenvalue weighted by Crippen LogP contribution is 2.39. The molecule has 0 bridgehead atoms. The van der Waals surface area contributed by atoms with Gasteiger partial charge in [0.15, 0.2) is 0 Å². The molecule has 94 valence electrons. The zero-order valence-corrected chi connectivity index (χ0v) is 10.5. The molecule has 0 aliphatic carbocycles. The Kier molecular flexibility index (Phi) is 3.95. The van der Waals surface area contributed by atoms with E-state index in [4.69, 9.17) is 10.5 Å². The molecule has 0 fully saturated rings. The summed E-state index contributed by atoms with van der Waals surface area (Å²) >= 11 is 0. The van der Waals surface area contributed by atoms with Crippen LogP contribution in [0.2, 0.25) is 0 Å². The molecule has 17 heavy (non-hydrogen) atoms. The van der Waals surface area contributed by atoms with Gasteiger partial charge in [-0.25, -0.2) is 0 Å². The Hall–Kier alpha value is -1.33. The molecule has 0 spiro atoms. The van der Waals surface area contributed by atoms with Crippen LogP contribution in [-0.4, -0.2) is 11.5 Å². The van der Waals surface area contributed by atoms with Crippen LogP contribution in [-0.2, 0) is 0 Å². The summed E-state index contributed by atoms with van der Waals surface area (Å²) in [5.74, 6) is 0.724. The third-order valence-electron chi connectivity index (χ3n) is 3.11. The zero-order chi connectivity index (χ0) is 11.9. The van der Waals surface area contributed by atoms with Crippen molar-refractivity contribution in [2.45, 2.75) is 26.3 Å². The summed E-state index contributed by atoms with van der Waals surface area (Å²) in [5.41, 5.74) is 8.27. The van der Waals surface area contributed by atoms with Gasteiger partial charge in [0.05, 0.1) is 11.5 Å². The summed E-state index contributed by atoms with van der Waals surface area (Å²) in [4.78, 5) is 10.5. The van der Waals surface area contributed by atoms with Gasteiger partial charge in [-0.15, -0.1) is 12.4 Å². The van der Waals surface area contributed by atoms with Crippen molar-refractivity contribution < 1.29 is 9.66 Å². The minimum absolute atomic E-state index is 0. The largest absolute Gasteiger partial charge is 0.493 e. The number of hydrogen-bond acceptors (Lipinski definition) is 4. The molecule has 0 aromatic heterocycles. The number of halogens is 1. The summed E-state index contributed by atoms with van der Waals surface area (Å²) in [7, 11) is 0. The minimum Gasteiger partial charge on any atom is -0.493 e. The highest BCUT2D eigenvalue weighted by atomic mass is 35.5. The molecule has 1 aliphatic heterocycles. The van der Waals surface area contributed by atoms with E-state index in [1.54, 1.807) is 13.0 Å². The second-order valence-electron chi connectivity index (χ2n) is 4.06. The molecule has 2 rings (SSSR count). The molecule has 1 heterocycles. The first-order chi connectivity index (χ1) is 7.52. The molecule has 0 radical (unpaired) electrons. The fourth-order valence-corrected chi connectivity index (χ4v) is 2.00. The van der Waals surface area contributed by atoms with E-state index in [2.05, 4.69) is 0 Å². The molecule has 0 amide bonds. The normalized spacial score (nSPS) is 17.7. The first-order valence-corrected chi connectivity index (χ1v) is 5.19. The van der Waals surface area contributed by atoms with Crippen LogP contribution in [0.4, 0.5) is 5.69 Å². The third-order valence-corrected chi connectivity index (χ3v) is 3.11. The molecular weight excluding hydrogens is 244 g/mol. The molecule has 1 aromatic rings. The lowest BCUT2D eigenvalue weighted by atomic mass is 9.95. The smallest absolute Gasteiger partial charge is 0.273 e. The lowest BCUT2D eigenvalue weighted by molar-refractivity contribution is -0.385. The van der Waals surface area contributed by atoms with Gasteiger partial charge in [0.25, 0.3) is 5.69 Å². The topological polar surface area (TPSA) is 78.4 Å². The van der Waals surface area contributed by atoms with Gasteiger partial charge < -0.3 is 10.5 Å². The molecular formula is C11H15ClN2O3. The third kappa shape index (κ3) is 2.21. The van der Waals surface area contributed by atoms with Crippen molar-refractivity contribution in [1.82, 2.24) is 0 Å². The van der Waals surface area contributed by atoms with Gasteiger partial charge in [0, 0.05) is 35.2 Å². The van der Waals surface area contributed by atoms with Crippen LogP contribution >= 0.6 is 12.4 Å². The number of fused-ring (bicyclic) bond motifs is 1. The van der Waals surface area contributed by atoms with Gasteiger partial charge in [-0.2, -0.15) is 0 Å². The lowest BCUT2D eigenvalue weighted by Crippen LogP contribution is -2.21. The van der Waals surface area contributed by atoms with E-state index in [0.717, 1.165) is 16.9 Å². The maximum Gasteiger partial charge on any atom is 0.273 e. The Balaban J connectivity index is 0.00000144. The summed E-state index contributed by atoms with van der Waals surface area (Å²) in [5, 5.41) is 10.9. The van der Waals surface area contributed by atoms with Crippen LogP contribution in [0.1, 0.15) is 29.2 Å². The number of nitro groups is 1. The predicted octanol–water partition coefficient (Wildman–Crippen LogP) is 2.42. The Labute approximate surface area is 106 Å². The molecule has 0 saturated heterocycles. The van der Waals surface area contributed by atoms with Gasteiger partial charge in [0.2, 0.25) is 0 Å². The van der Waals surface area contributed by atoms with Crippen LogP contribution in [0, 0.1) is 24.0 Å². The lowest BCUT2D eigenvalue weighted by Gasteiger charge is -2.25. The van der Waals surface area contributed by atoms with Gasteiger partial charge in [-0.3, -0.25) is 10.1 Å². The SMILES string of the molecule is Cc1c([N+](=O)[O-])cc2c(c1C)OCC[C@H]2N.Cl. The van der Waals surface area contributed by atoms with E-state index < -0.39 is 0 Å². The van der Waals surface area contributed by atoms with E-state index in [0.29, 0.717) is 18.6 Å². The van der Waals surface area contributed by atoms with Crippen molar-refractivity contribution in [3.8, 4) is 5.75 Å². The fourth-order valence-electron chi connectivity index (χ4n) is 2.00. The average molecular weight is 259 g/mol. The van der Waals surface area contributed by atoms with E-state index in [-0.39, 0.29) is 29.1 Å². The predicted molar refractivity (Wildman–Crippen MR) is 66.9 cm³/mol. The van der Waals surface area contributed by atoms with E-state index in [1.165, 1.54) is 0 Å². The molecule has 0 unspecified atom stereocenters. The second-order valence-corrected chi connectivity index (χ2v) is 4.06. The molecule has 2 N–H and O–H groups in total. The van der Waals surface area contributed by atoms with E-state index in [1.807, 2.05) is 6.92 Å². The van der Waals surface area contributed by atoms with Crippen molar-refractivity contribution in [3.63, 3.8) is 0 Å². The standard InChI is InChI=1S/C11H14N2O3.ClH/c1-6-7(2)11-8(5-10(6)13(14)15)9(12)3-4-16-11;/h5,9H,3-4,12H2,1-2H3;1H/t9-;/m1./s1. The number of rotatable bonds is 1. The number of hydrogen-bond donors (Lipinski definition) is 1. The minimum atomic E-state index is -0.371. The van der Waals surface area contributed by atoms with Gasteiger partial charge >= 0.3 is 0 Å². The average Bonchev–Trinajstić information content (AvgIpc) is 2.23. The molecule has 5 nitrogen and oxygen atoms in total. The van der Waals surface area contributed by atoms with Gasteiger partial charge in [0.1, 0.15) is 5.75 Å². The Morgan fingerprint density at radius 3 is 2.71 bits per heavy atom. The molecule has 1 aromatic carbocycles. The van der Waals surface area contributed by atoms with Crippen molar-refractivity contribution in [2.75, 3.05) is 6.61 Å². The maximum atomic E-state index is 10.9. The van der Waals surface area contributed by atoms with Crippen LogP contribution in [0.5, 0.6) is 5.75 Å². The monoisotopic (exact) mass is 258 g/mol. The highest BCUT2D eigenvalue weighted by molar-refractivity contribution is 5.85. The van der Waals surface area contributed by atoms with Gasteiger partial charge in [-0.1, -0.05) is 0 Å². The van der Waals surface area contributed by atoms with E-state index >= 15 is 0 Å². The summed E-state index contributed by atoms with van der Waals surface area (Å²) in [6.07, 6.45) is 0.701. The number of nitrogens with zero attached hydrogens (tertiary/aromatic N) is 1. The zero-order valence-electron chi connectivity index (χ0n) is 9.73. The second kappa shape index (κ2) is 4.89. The van der Waals surface area contributed by atoms with Crippen molar-refractivity contribution in [1.29, 1.82) is 0 Å². The van der Waals surface area contributed by atoms with Crippen molar-refractivity contribution in [3.05, 3.63) is 32.9 Å². The van der Waals surface area contributed by atoms with Crippen LogP contribution in [0.15, 0.2) is 6.07 Å².